The molecule has 93 heavy (non-hydrogen) atoms. The molecule has 0 radical (unpaired) electrons. The van der Waals surface area contributed by atoms with E-state index in [0.717, 1.165) is 115 Å². The first-order valence-electron chi connectivity index (χ1n) is 38.6. The fourth-order valence-electron chi connectivity index (χ4n) is 11.4. The van der Waals surface area contributed by atoms with E-state index in [-0.39, 0.29) is 25.7 Å². The summed E-state index contributed by atoms with van der Waals surface area (Å²) in [7, 11) is -9.89. The van der Waals surface area contributed by atoms with E-state index in [1.165, 1.54) is 193 Å². The van der Waals surface area contributed by atoms with Crippen LogP contribution in [0.25, 0.3) is 0 Å². The van der Waals surface area contributed by atoms with Crippen LogP contribution in [0.4, 0.5) is 0 Å². The molecule has 3 N–H and O–H groups in total. The molecule has 0 saturated heterocycles. The molecule has 0 aliphatic carbocycles. The summed E-state index contributed by atoms with van der Waals surface area (Å²) in [5.41, 5.74) is 0. The van der Waals surface area contributed by atoms with Crippen LogP contribution >= 0.6 is 15.6 Å². The standard InChI is InChI=1S/C74H144O17P2/c1-6-9-12-15-18-20-21-22-23-24-25-26-27-28-29-34-37-40-45-50-55-60-74(79)91-70(64-85-72(77)58-53-48-44-39-36-33-31-30-32-35-38-42-46-51-56-67(4)5)66-89-93(82,83)87-62-68(75)61-86-92(80,81)88-65-69(63-84-71(76)57-52-47-41-17-14-11-8-3)90-73(78)59-54-49-43-19-16-13-10-7-2/h67-70,75H,6-66H2,1-5H3,(H,80,81)(H,82,83)/t68-,69+,70+/m0/s1. The van der Waals surface area contributed by atoms with Crippen molar-refractivity contribution in [3.8, 4) is 0 Å². The summed E-state index contributed by atoms with van der Waals surface area (Å²) in [5, 5.41) is 10.6. The Hall–Kier alpha value is -1.94. The first-order valence-corrected chi connectivity index (χ1v) is 41.6. The first-order chi connectivity index (χ1) is 45.0. The number of phosphoric acid groups is 2. The van der Waals surface area contributed by atoms with Crippen LogP contribution in [0, 0.1) is 5.92 Å². The number of esters is 4. The fraction of sp³-hybridized carbons (Fsp3) is 0.946. The van der Waals surface area contributed by atoms with Crippen LogP contribution in [0.3, 0.4) is 0 Å². The minimum atomic E-state index is -4.95. The summed E-state index contributed by atoms with van der Waals surface area (Å²) in [4.78, 5) is 72.4. The number of phosphoric ester groups is 2. The van der Waals surface area contributed by atoms with Crippen LogP contribution in [0.5, 0.6) is 0 Å². The fourth-order valence-corrected chi connectivity index (χ4v) is 12.9. The van der Waals surface area contributed by atoms with E-state index in [9.17, 15) is 43.2 Å². The summed E-state index contributed by atoms with van der Waals surface area (Å²) < 4.78 is 68.2. The van der Waals surface area contributed by atoms with Gasteiger partial charge < -0.3 is 33.8 Å². The zero-order chi connectivity index (χ0) is 68.4. The SMILES string of the molecule is CCCCCCCCCCCCCCCCCCCCCCCC(=O)O[C@H](COC(=O)CCCCCCCCCCCCCCCCC(C)C)COP(=O)(O)OC[C@@H](O)COP(=O)(O)OC[C@@H](COC(=O)CCCCCCCCC)OC(=O)CCCCCCCCCC. The normalized spacial score (nSPS) is 14.0. The molecule has 0 aromatic rings. The van der Waals surface area contributed by atoms with E-state index in [1.54, 1.807) is 0 Å². The molecule has 0 heterocycles. The zero-order valence-corrected chi connectivity index (χ0v) is 62.2. The van der Waals surface area contributed by atoms with Gasteiger partial charge >= 0.3 is 39.5 Å². The van der Waals surface area contributed by atoms with Crippen molar-refractivity contribution in [2.24, 2.45) is 5.92 Å². The van der Waals surface area contributed by atoms with Crippen LogP contribution in [0.15, 0.2) is 0 Å². The summed E-state index contributed by atoms with van der Waals surface area (Å²) in [6.07, 6.45) is 55.9. The number of carbonyl (C=O) groups is 4. The Labute approximate surface area is 568 Å². The van der Waals surface area contributed by atoms with Crippen molar-refractivity contribution in [1.29, 1.82) is 0 Å². The Kier molecular flexibility index (Phi) is 65.9. The van der Waals surface area contributed by atoms with Gasteiger partial charge in [0.25, 0.3) is 0 Å². The van der Waals surface area contributed by atoms with Gasteiger partial charge in [-0.15, -0.1) is 0 Å². The third-order valence-electron chi connectivity index (χ3n) is 17.3. The largest absolute Gasteiger partial charge is 0.472 e. The summed E-state index contributed by atoms with van der Waals surface area (Å²) in [6.45, 7) is 7.22. The highest BCUT2D eigenvalue weighted by molar-refractivity contribution is 7.47. The molecule has 17 nitrogen and oxygen atoms in total. The molecule has 5 atom stereocenters. The van der Waals surface area contributed by atoms with E-state index in [0.29, 0.717) is 25.7 Å². The molecule has 0 amide bonds. The highest BCUT2D eigenvalue weighted by atomic mass is 31.2. The van der Waals surface area contributed by atoms with Gasteiger partial charge in [0.1, 0.15) is 19.3 Å². The highest BCUT2D eigenvalue weighted by Gasteiger charge is 2.30. The van der Waals surface area contributed by atoms with Crippen LogP contribution in [-0.2, 0) is 65.4 Å². The lowest BCUT2D eigenvalue weighted by atomic mass is 10.0. The van der Waals surface area contributed by atoms with E-state index >= 15 is 0 Å². The van der Waals surface area contributed by atoms with E-state index < -0.39 is 97.5 Å². The third kappa shape index (κ3) is 68.4. The quantitative estimate of drug-likeness (QED) is 0.0222. The van der Waals surface area contributed by atoms with E-state index in [2.05, 4.69) is 34.6 Å². The summed E-state index contributed by atoms with van der Waals surface area (Å²) in [5.74, 6) is -1.33. The molecule has 0 aromatic carbocycles. The average molecular weight is 1370 g/mol. The molecular formula is C74H144O17P2. The Morgan fingerprint density at radius 2 is 0.495 bits per heavy atom. The molecule has 0 bridgehead atoms. The number of hydrogen-bond donors (Lipinski definition) is 3. The number of aliphatic hydroxyl groups is 1. The van der Waals surface area contributed by atoms with Crippen molar-refractivity contribution in [1.82, 2.24) is 0 Å². The van der Waals surface area contributed by atoms with Gasteiger partial charge in [0.15, 0.2) is 12.2 Å². The molecular weight excluding hydrogens is 1220 g/mol. The van der Waals surface area contributed by atoms with Crippen LogP contribution in [0.2, 0.25) is 0 Å². The number of rotatable bonds is 74. The average Bonchev–Trinajstić information content (AvgIpc) is 1.85. The number of carbonyl (C=O) groups excluding carboxylic acids is 4. The van der Waals surface area contributed by atoms with Gasteiger partial charge in [-0.2, -0.15) is 0 Å². The second-order valence-electron chi connectivity index (χ2n) is 27.2. The Bertz CT molecular complexity index is 1790. The number of ether oxygens (including phenoxy) is 4. The van der Waals surface area contributed by atoms with Crippen LogP contribution < -0.4 is 0 Å². The van der Waals surface area contributed by atoms with Crippen LogP contribution in [-0.4, -0.2) is 96.7 Å². The van der Waals surface area contributed by atoms with Gasteiger partial charge in [0, 0.05) is 25.7 Å². The van der Waals surface area contributed by atoms with Gasteiger partial charge in [-0.1, -0.05) is 336 Å². The van der Waals surface area contributed by atoms with Gasteiger partial charge in [-0.25, -0.2) is 9.13 Å². The number of unbranched alkanes of at least 4 members (excludes halogenated alkanes) is 46. The maximum atomic E-state index is 13.1. The molecule has 2 unspecified atom stereocenters. The molecule has 0 spiro atoms. The summed E-state index contributed by atoms with van der Waals surface area (Å²) >= 11 is 0. The lowest BCUT2D eigenvalue weighted by Crippen LogP contribution is -2.30. The van der Waals surface area contributed by atoms with E-state index in [1.807, 2.05) is 0 Å². The molecule has 19 heteroatoms. The lowest BCUT2D eigenvalue weighted by molar-refractivity contribution is -0.161. The third-order valence-corrected chi connectivity index (χ3v) is 19.2. The predicted molar refractivity (Wildman–Crippen MR) is 377 cm³/mol. The topological polar surface area (TPSA) is 237 Å². The maximum absolute atomic E-state index is 13.1. The van der Waals surface area contributed by atoms with Gasteiger partial charge in [0.2, 0.25) is 0 Å². The molecule has 0 fully saturated rings. The number of hydrogen-bond acceptors (Lipinski definition) is 15. The monoisotopic (exact) mass is 1370 g/mol. The van der Waals surface area contributed by atoms with Crippen molar-refractivity contribution in [2.75, 3.05) is 39.6 Å². The second kappa shape index (κ2) is 67.3. The van der Waals surface area contributed by atoms with Crippen LogP contribution in [0.1, 0.15) is 388 Å². The molecule has 552 valence electrons. The molecule has 0 aromatic heterocycles. The molecule has 0 saturated carbocycles. The van der Waals surface area contributed by atoms with Gasteiger partial charge in [-0.05, 0) is 31.6 Å². The van der Waals surface area contributed by atoms with Crippen molar-refractivity contribution < 1.29 is 80.2 Å². The lowest BCUT2D eigenvalue weighted by Gasteiger charge is -2.21. The van der Waals surface area contributed by atoms with Gasteiger partial charge in [0.05, 0.1) is 26.4 Å². The Morgan fingerprint density at radius 3 is 0.731 bits per heavy atom. The second-order valence-corrected chi connectivity index (χ2v) is 30.1. The molecule has 0 rings (SSSR count). The zero-order valence-electron chi connectivity index (χ0n) is 60.4. The Balaban J connectivity index is 5.12. The summed E-state index contributed by atoms with van der Waals surface area (Å²) in [6, 6.07) is 0. The number of aliphatic hydroxyl groups excluding tert-OH is 1. The van der Waals surface area contributed by atoms with Crippen molar-refractivity contribution in [3.05, 3.63) is 0 Å². The smallest absolute Gasteiger partial charge is 0.462 e. The predicted octanol–water partition coefficient (Wildman–Crippen LogP) is 21.7. The molecule has 0 aliphatic rings. The van der Waals surface area contributed by atoms with Crippen molar-refractivity contribution >= 4 is 39.5 Å². The van der Waals surface area contributed by atoms with Gasteiger partial charge in [-0.3, -0.25) is 37.3 Å². The first kappa shape index (κ1) is 91.1. The Morgan fingerprint density at radius 1 is 0.290 bits per heavy atom. The van der Waals surface area contributed by atoms with Crippen molar-refractivity contribution in [2.45, 2.75) is 406 Å². The minimum Gasteiger partial charge on any atom is -0.462 e. The van der Waals surface area contributed by atoms with Crippen molar-refractivity contribution in [3.63, 3.8) is 0 Å². The maximum Gasteiger partial charge on any atom is 0.472 e. The van der Waals surface area contributed by atoms with E-state index in [4.69, 9.17) is 37.0 Å². The molecule has 0 aliphatic heterocycles. The highest BCUT2D eigenvalue weighted by Crippen LogP contribution is 2.45. The minimum absolute atomic E-state index is 0.105.